The Labute approximate surface area is 65.7 Å². The third-order valence-electron chi connectivity index (χ3n) is 1.48. The van der Waals surface area contributed by atoms with E-state index in [0.29, 0.717) is 5.62 Å². The number of nitrogens with zero attached hydrogens (tertiary/aromatic N) is 3. The van der Waals surface area contributed by atoms with Crippen LogP contribution in [0.15, 0.2) is 23.8 Å². The fraction of sp³-hybridized carbons (Fsp3) is 0.250. The average molecular weight is 149 g/mol. The van der Waals surface area contributed by atoms with Crippen LogP contribution >= 0.6 is 0 Å². The molecule has 0 bridgehead atoms. The van der Waals surface area contributed by atoms with Crippen molar-refractivity contribution in [3.63, 3.8) is 0 Å². The summed E-state index contributed by atoms with van der Waals surface area (Å²) in [5, 5.41) is 0. The molecule has 0 radical (unpaired) electrons. The molecule has 58 valence electrons. The highest BCUT2D eigenvalue weighted by Crippen LogP contribution is 1.90. The summed E-state index contributed by atoms with van der Waals surface area (Å²) in [6.07, 6.45) is 3.43. The fourth-order valence-electron chi connectivity index (χ4n) is 0.903. The monoisotopic (exact) mass is 149 g/mol. The van der Waals surface area contributed by atoms with Gasteiger partial charge in [-0.25, -0.2) is 4.98 Å². The maximum atomic E-state index is 4.05. The Morgan fingerprint density at radius 2 is 2.45 bits per heavy atom. The highest BCUT2D eigenvalue weighted by atomic mass is 15.1. The third kappa shape index (κ3) is 1.37. The predicted molar refractivity (Wildman–Crippen MR) is 44.8 cm³/mol. The highest BCUT2D eigenvalue weighted by molar-refractivity contribution is 5.19. The molecule has 0 fully saturated rings. The Bertz CT molecular complexity index is 322. The molecule has 0 atom stereocenters. The zero-order valence-electron chi connectivity index (χ0n) is 6.78. The summed E-state index contributed by atoms with van der Waals surface area (Å²) in [5.41, 5.74) is 1.76. The molecule has 3 nitrogen and oxygen atoms in total. The first kappa shape index (κ1) is 7.72. The van der Waals surface area contributed by atoms with Crippen molar-refractivity contribution < 1.29 is 0 Å². The normalized spacial score (nSPS) is 11.6. The maximum Gasteiger partial charge on any atom is 0.228 e. The van der Waals surface area contributed by atoms with Crippen LogP contribution in [0.2, 0.25) is 0 Å². The highest BCUT2D eigenvalue weighted by Gasteiger charge is 1.90. The smallest absolute Gasteiger partial charge is 0.228 e. The molecule has 0 N–H and O–H groups in total. The van der Waals surface area contributed by atoms with Crippen molar-refractivity contribution >= 4 is 6.20 Å². The molecule has 0 aromatic carbocycles. The van der Waals surface area contributed by atoms with E-state index in [2.05, 4.69) is 16.6 Å². The molecule has 0 amide bonds. The lowest BCUT2D eigenvalue weighted by molar-refractivity contribution is 0.866. The standard InChI is InChI=1S/C8H11N3/c1-4-11-7(2)5-6-10-8(11)9-3/h4-6H,1H2,2-3H3. The summed E-state index contributed by atoms with van der Waals surface area (Å²) in [5.74, 6) is 0. The molecule has 0 aliphatic heterocycles. The van der Waals surface area contributed by atoms with Gasteiger partial charge in [0.1, 0.15) is 0 Å². The molecule has 11 heavy (non-hydrogen) atoms. The molecular weight excluding hydrogens is 138 g/mol. The molecule has 1 aromatic heterocycles. The number of rotatable bonds is 1. The SMILES string of the molecule is C=Cn1c(C)ccnc1=NC. The number of hydrogen-bond acceptors (Lipinski definition) is 2. The molecule has 0 spiro atoms. The lowest BCUT2D eigenvalue weighted by atomic mass is 10.4. The molecule has 1 rings (SSSR count). The van der Waals surface area contributed by atoms with Crippen LogP contribution in [0.1, 0.15) is 5.69 Å². The number of aromatic nitrogens is 2. The van der Waals surface area contributed by atoms with Gasteiger partial charge in [0.2, 0.25) is 5.62 Å². The Balaban J connectivity index is 3.49. The van der Waals surface area contributed by atoms with E-state index < -0.39 is 0 Å². The van der Waals surface area contributed by atoms with Gasteiger partial charge in [0.05, 0.1) is 0 Å². The first-order chi connectivity index (χ1) is 5.29. The summed E-state index contributed by atoms with van der Waals surface area (Å²) in [6.45, 7) is 5.65. The van der Waals surface area contributed by atoms with Gasteiger partial charge in [0, 0.05) is 25.1 Å². The topological polar surface area (TPSA) is 30.2 Å². The zero-order chi connectivity index (χ0) is 8.27. The van der Waals surface area contributed by atoms with Crippen molar-refractivity contribution in [2.24, 2.45) is 4.99 Å². The van der Waals surface area contributed by atoms with Crippen LogP contribution in [0.5, 0.6) is 0 Å². The second-order valence-corrected chi connectivity index (χ2v) is 2.16. The second-order valence-electron chi connectivity index (χ2n) is 2.16. The van der Waals surface area contributed by atoms with E-state index in [1.165, 1.54) is 0 Å². The van der Waals surface area contributed by atoms with Gasteiger partial charge in [0.25, 0.3) is 0 Å². The van der Waals surface area contributed by atoms with E-state index in [-0.39, 0.29) is 0 Å². The maximum absolute atomic E-state index is 4.05. The van der Waals surface area contributed by atoms with Gasteiger partial charge in [-0.05, 0) is 13.0 Å². The van der Waals surface area contributed by atoms with Crippen molar-refractivity contribution in [2.45, 2.75) is 6.92 Å². The summed E-state index contributed by atoms with van der Waals surface area (Å²) < 4.78 is 1.83. The van der Waals surface area contributed by atoms with E-state index in [4.69, 9.17) is 0 Å². The summed E-state index contributed by atoms with van der Waals surface area (Å²) in [6, 6.07) is 1.91. The van der Waals surface area contributed by atoms with Gasteiger partial charge in [-0.15, -0.1) is 0 Å². The molecule has 0 aliphatic carbocycles. The van der Waals surface area contributed by atoms with Crippen LogP contribution in [-0.2, 0) is 0 Å². The van der Waals surface area contributed by atoms with Crippen LogP contribution in [0.3, 0.4) is 0 Å². The first-order valence-electron chi connectivity index (χ1n) is 3.39. The largest absolute Gasteiger partial charge is 0.291 e. The Morgan fingerprint density at radius 3 is 2.91 bits per heavy atom. The Morgan fingerprint density at radius 1 is 1.73 bits per heavy atom. The quantitative estimate of drug-likeness (QED) is 0.581. The van der Waals surface area contributed by atoms with Crippen LogP contribution in [0.4, 0.5) is 0 Å². The fourth-order valence-corrected chi connectivity index (χ4v) is 0.903. The lowest BCUT2D eigenvalue weighted by Gasteiger charge is -2.02. The van der Waals surface area contributed by atoms with E-state index in [0.717, 1.165) is 5.69 Å². The lowest BCUT2D eigenvalue weighted by Crippen LogP contribution is -2.21. The van der Waals surface area contributed by atoms with Gasteiger partial charge in [-0.2, -0.15) is 0 Å². The van der Waals surface area contributed by atoms with Gasteiger partial charge in [-0.1, -0.05) is 6.58 Å². The van der Waals surface area contributed by atoms with Crippen molar-refractivity contribution in [1.29, 1.82) is 0 Å². The summed E-state index contributed by atoms with van der Waals surface area (Å²) in [7, 11) is 1.71. The second kappa shape index (κ2) is 3.14. The molecule has 1 aromatic rings. The number of aryl methyl sites for hydroxylation is 1. The minimum atomic E-state index is 0.681. The Hall–Kier alpha value is -1.38. The van der Waals surface area contributed by atoms with E-state index >= 15 is 0 Å². The van der Waals surface area contributed by atoms with Crippen molar-refractivity contribution in [3.8, 4) is 0 Å². The molecule has 0 unspecified atom stereocenters. The van der Waals surface area contributed by atoms with Crippen LogP contribution in [-0.4, -0.2) is 16.6 Å². The average Bonchev–Trinajstić information content (AvgIpc) is 2.04. The summed E-state index contributed by atoms with van der Waals surface area (Å²) in [4.78, 5) is 8.04. The molecule has 0 saturated heterocycles. The molecule has 0 aliphatic rings. The third-order valence-corrected chi connectivity index (χ3v) is 1.48. The molecule has 3 heteroatoms. The zero-order valence-corrected chi connectivity index (χ0v) is 6.78. The Kier molecular flexibility index (Phi) is 2.21. The van der Waals surface area contributed by atoms with Gasteiger partial charge >= 0.3 is 0 Å². The van der Waals surface area contributed by atoms with Gasteiger partial charge < -0.3 is 0 Å². The predicted octanol–water partition coefficient (Wildman–Crippen LogP) is 0.823. The van der Waals surface area contributed by atoms with Crippen molar-refractivity contribution in [3.05, 3.63) is 30.2 Å². The first-order valence-corrected chi connectivity index (χ1v) is 3.39. The summed E-state index contributed by atoms with van der Waals surface area (Å²) >= 11 is 0. The molecular formula is C8H11N3. The minimum Gasteiger partial charge on any atom is -0.291 e. The molecule has 0 saturated carbocycles. The van der Waals surface area contributed by atoms with Crippen LogP contribution in [0.25, 0.3) is 6.20 Å². The van der Waals surface area contributed by atoms with Crippen molar-refractivity contribution in [2.75, 3.05) is 7.05 Å². The van der Waals surface area contributed by atoms with E-state index in [1.54, 1.807) is 19.4 Å². The van der Waals surface area contributed by atoms with Crippen molar-refractivity contribution in [1.82, 2.24) is 9.55 Å². The van der Waals surface area contributed by atoms with Gasteiger partial charge in [-0.3, -0.25) is 9.56 Å². The van der Waals surface area contributed by atoms with Gasteiger partial charge in [0.15, 0.2) is 0 Å². The molecule has 1 heterocycles. The van der Waals surface area contributed by atoms with E-state index in [9.17, 15) is 0 Å². The minimum absolute atomic E-state index is 0.681. The number of hydrogen-bond donors (Lipinski definition) is 0. The van der Waals surface area contributed by atoms with Crippen LogP contribution in [0, 0.1) is 6.92 Å². The van der Waals surface area contributed by atoms with Crippen LogP contribution < -0.4 is 5.62 Å². The van der Waals surface area contributed by atoms with E-state index in [1.807, 2.05) is 17.6 Å².